The van der Waals surface area contributed by atoms with Crippen LogP contribution in [0.4, 0.5) is 11.4 Å². The predicted molar refractivity (Wildman–Crippen MR) is 108 cm³/mol. The van der Waals surface area contributed by atoms with Gasteiger partial charge in [0.2, 0.25) is 5.91 Å². The van der Waals surface area contributed by atoms with Crippen molar-refractivity contribution < 1.29 is 14.5 Å². The lowest BCUT2D eigenvalue weighted by molar-refractivity contribution is -0.384. The molecule has 7 nitrogen and oxygen atoms in total. The molecule has 0 saturated carbocycles. The standard InChI is InChI=1S/C20H17N3O4S/c1-14-21-17(13-28-14)12-27-19-5-3-2-4-15(19)6-11-20(24)22-16-7-9-18(10-8-16)23(25)26/h2-11,13H,12H2,1H3,(H,22,24)/b11-6+. The van der Waals surface area contributed by atoms with Gasteiger partial charge >= 0.3 is 0 Å². The number of carbonyl (C=O) groups is 1. The SMILES string of the molecule is Cc1nc(COc2ccccc2/C=C/C(=O)Nc2ccc([N+](=O)[O-])cc2)cs1. The largest absolute Gasteiger partial charge is 0.487 e. The summed E-state index contributed by atoms with van der Waals surface area (Å²) < 4.78 is 5.82. The lowest BCUT2D eigenvalue weighted by Gasteiger charge is -2.08. The van der Waals surface area contributed by atoms with Crippen LogP contribution in [0.3, 0.4) is 0 Å². The average molecular weight is 395 g/mol. The van der Waals surface area contributed by atoms with Crippen LogP contribution in [0, 0.1) is 17.0 Å². The Hall–Kier alpha value is -3.52. The molecule has 1 heterocycles. The maximum Gasteiger partial charge on any atom is 0.269 e. The maximum absolute atomic E-state index is 12.1. The number of para-hydroxylation sites is 1. The number of carbonyl (C=O) groups excluding carboxylic acids is 1. The third-order valence-corrected chi connectivity index (χ3v) is 4.54. The molecule has 28 heavy (non-hydrogen) atoms. The molecule has 1 amide bonds. The number of nitro groups is 1. The van der Waals surface area contributed by atoms with E-state index in [4.69, 9.17) is 4.74 Å². The number of nitrogens with zero attached hydrogens (tertiary/aromatic N) is 2. The molecule has 0 bridgehead atoms. The fourth-order valence-electron chi connectivity index (χ4n) is 2.39. The number of thiazole rings is 1. The molecular formula is C20H17N3O4S. The van der Waals surface area contributed by atoms with Gasteiger partial charge in [0.15, 0.2) is 0 Å². The van der Waals surface area contributed by atoms with Crippen molar-refractivity contribution in [2.45, 2.75) is 13.5 Å². The fourth-order valence-corrected chi connectivity index (χ4v) is 2.99. The lowest BCUT2D eigenvalue weighted by Crippen LogP contribution is -2.07. The molecule has 142 valence electrons. The minimum Gasteiger partial charge on any atom is -0.487 e. The van der Waals surface area contributed by atoms with E-state index in [0.717, 1.165) is 16.3 Å². The Morgan fingerprint density at radius 2 is 2.00 bits per heavy atom. The molecule has 0 unspecified atom stereocenters. The van der Waals surface area contributed by atoms with Crippen LogP contribution in [0.5, 0.6) is 5.75 Å². The van der Waals surface area contributed by atoms with Crippen molar-refractivity contribution in [3.05, 3.63) is 86.4 Å². The van der Waals surface area contributed by atoms with Crippen molar-refractivity contribution >= 4 is 34.7 Å². The summed E-state index contributed by atoms with van der Waals surface area (Å²) in [6.07, 6.45) is 3.04. The molecule has 3 aromatic rings. The number of non-ortho nitro benzene ring substituents is 1. The first-order valence-electron chi connectivity index (χ1n) is 8.37. The summed E-state index contributed by atoms with van der Waals surface area (Å²) in [6, 6.07) is 13.0. The van der Waals surface area contributed by atoms with Gasteiger partial charge < -0.3 is 10.1 Å². The quantitative estimate of drug-likeness (QED) is 0.359. The zero-order valence-corrected chi connectivity index (χ0v) is 15.8. The zero-order valence-electron chi connectivity index (χ0n) is 15.0. The molecule has 1 aromatic heterocycles. The van der Waals surface area contributed by atoms with Crippen LogP contribution in [0.25, 0.3) is 6.08 Å². The molecule has 0 atom stereocenters. The topological polar surface area (TPSA) is 94.4 Å². The van der Waals surface area contributed by atoms with E-state index in [1.165, 1.54) is 30.3 Å². The number of nitro benzene ring substituents is 1. The second-order valence-electron chi connectivity index (χ2n) is 5.81. The highest BCUT2D eigenvalue weighted by Gasteiger charge is 2.06. The number of anilines is 1. The van der Waals surface area contributed by atoms with Crippen molar-refractivity contribution in [3.63, 3.8) is 0 Å². The van der Waals surface area contributed by atoms with Crippen LogP contribution < -0.4 is 10.1 Å². The van der Waals surface area contributed by atoms with E-state index in [9.17, 15) is 14.9 Å². The molecule has 0 aliphatic heterocycles. The Balaban J connectivity index is 1.63. The highest BCUT2D eigenvalue weighted by Crippen LogP contribution is 2.21. The van der Waals surface area contributed by atoms with Crippen molar-refractivity contribution in [2.75, 3.05) is 5.32 Å². The Labute approximate surface area is 165 Å². The highest BCUT2D eigenvalue weighted by atomic mass is 32.1. The molecule has 1 N–H and O–H groups in total. The molecule has 0 radical (unpaired) electrons. The van der Waals surface area contributed by atoms with Crippen LogP contribution in [-0.2, 0) is 11.4 Å². The number of amides is 1. The highest BCUT2D eigenvalue weighted by molar-refractivity contribution is 7.09. The van der Waals surface area contributed by atoms with Crippen molar-refractivity contribution in [1.29, 1.82) is 0 Å². The van der Waals surface area contributed by atoms with E-state index in [1.807, 2.05) is 36.6 Å². The van der Waals surface area contributed by atoms with Crippen molar-refractivity contribution in [2.24, 2.45) is 0 Å². The third-order valence-electron chi connectivity index (χ3n) is 3.72. The molecule has 0 fully saturated rings. The van der Waals surface area contributed by atoms with Gasteiger partial charge in [0, 0.05) is 34.8 Å². The minimum atomic E-state index is -0.491. The maximum atomic E-state index is 12.1. The first kappa shape index (κ1) is 19.2. The van der Waals surface area contributed by atoms with E-state index in [-0.39, 0.29) is 11.6 Å². The molecule has 0 spiro atoms. The number of ether oxygens (including phenoxy) is 1. The second-order valence-corrected chi connectivity index (χ2v) is 6.87. The number of hydrogen-bond donors (Lipinski definition) is 1. The van der Waals surface area contributed by atoms with E-state index < -0.39 is 4.92 Å². The van der Waals surface area contributed by atoms with Crippen molar-refractivity contribution in [1.82, 2.24) is 4.98 Å². The average Bonchev–Trinajstić information content (AvgIpc) is 3.11. The molecule has 0 aliphatic rings. The van der Waals surface area contributed by atoms with E-state index in [0.29, 0.717) is 18.0 Å². The summed E-state index contributed by atoms with van der Waals surface area (Å²) in [5.74, 6) is 0.298. The number of benzene rings is 2. The summed E-state index contributed by atoms with van der Waals surface area (Å²) in [6.45, 7) is 2.29. The molecule has 3 rings (SSSR count). The predicted octanol–water partition coefficient (Wildman–Crippen LogP) is 4.59. The Bertz CT molecular complexity index is 1010. The molecule has 0 aliphatic carbocycles. The van der Waals surface area contributed by atoms with Gasteiger partial charge in [-0.1, -0.05) is 18.2 Å². The first-order valence-corrected chi connectivity index (χ1v) is 9.25. The van der Waals surface area contributed by atoms with Gasteiger partial charge in [-0.15, -0.1) is 11.3 Å². The summed E-state index contributed by atoms with van der Waals surface area (Å²) in [7, 11) is 0. The number of rotatable bonds is 7. The number of aromatic nitrogens is 1. The molecule has 8 heteroatoms. The van der Waals surface area contributed by atoms with Gasteiger partial charge in [-0.25, -0.2) is 4.98 Å². The second kappa shape index (κ2) is 8.92. The van der Waals surface area contributed by atoms with Gasteiger partial charge in [0.1, 0.15) is 12.4 Å². The monoisotopic (exact) mass is 395 g/mol. The van der Waals surface area contributed by atoms with Gasteiger partial charge in [-0.3, -0.25) is 14.9 Å². The fraction of sp³-hybridized carbons (Fsp3) is 0.100. The van der Waals surface area contributed by atoms with Gasteiger partial charge in [0.05, 0.1) is 15.6 Å². The Morgan fingerprint density at radius 3 is 2.68 bits per heavy atom. The van der Waals surface area contributed by atoms with Crippen molar-refractivity contribution in [3.8, 4) is 5.75 Å². The van der Waals surface area contributed by atoms with Crippen LogP contribution in [0.1, 0.15) is 16.3 Å². The first-order chi connectivity index (χ1) is 13.5. The minimum absolute atomic E-state index is 0.0325. The number of hydrogen-bond acceptors (Lipinski definition) is 6. The Morgan fingerprint density at radius 1 is 1.25 bits per heavy atom. The summed E-state index contributed by atoms with van der Waals surface area (Å²) in [4.78, 5) is 26.7. The molecular weight excluding hydrogens is 378 g/mol. The number of aryl methyl sites for hydroxylation is 1. The zero-order chi connectivity index (χ0) is 19.9. The smallest absolute Gasteiger partial charge is 0.269 e. The van der Waals surface area contributed by atoms with E-state index in [2.05, 4.69) is 10.3 Å². The van der Waals surface area contributed by atoms with Crippen LogP contribution in [0.15, 0.2) is 60.0 Å². The van der Waals surface area contributed by atoms with Crippen LogP contribution >= 0.6 is 11.3 Å². The molecule has 2 aromatic carbocycles. The molecule has 0 saturated heterocycles. The van der Waals surface area contributed by atoms with E-state index in [1.54, 1.807) is 17.4 Å². The van der Waals surface area contributed by atoms with Crippen LogP contribution in [-0.4, -0.2) is 15.8 Å². The number of nitrogens with one attached hydrogen (secondary N) is 1. The van der Waals surface area contributed by atoms with Crippen LogP contribution in [0.2, 0.25) is 0 Å². The van der Waals surface area contributed by atoms with E-state index >= 15 is 0 Å². The third kappa shape index (κ3) is 5.24. The summed E-state index contributed by atoms with van der Waals surface area (Å²) >= 11 is 1.57. The van der Waals surface area contributed by atoms with Gasteiger partial charge in [-0.05, 0) is 31.2 Å². The summed E-state index contributed by atoms with van der Waals surface area (Å²) in [5, 5.41) is 16.3. The summed E-state index contributed by atoms with van der Waals surface area (Å²) in [5.41, 5.74) is 2.06. The lowest BCUT2D eigenvalue weighted by atomic mass is 10.2. The normalized spacial score (nSPS) is 10.8. The van der Waals surface area contributed by atoms with Gasteiger partial charge in [-0.2, -0.15) is 0 Å². The Kier molecular flexibility index (Phi) is 6.13. The van der Waals surface area contributed by atoms with Gasteiger partial charge in [0.25, 0.3) is 5.69 Å².